The molecule has 248 valence electrons. The standard InChI is InChI=1S/C32H50BrF3O7/c1-6-10-16-38-21-26-28(39-17-11-7-2)29(40-18-12-8-3)30(41-19-13-9-4)31(43-26)27(42-22(5)37)24-15-14-23(33)20-25(24)32(34,35)36/h14-15,20,26-31H,6-13,16-19,21H2,1-5H3/t26?,27-,28-,29?,30?,31-/m1/s1. The normalized spacial score (nSPS) is 23.3. The zero-order valence-corrected chi connectivity index (χ0v) is 27.8. The molecule has 1 aromatic rings. The predicted octanol–water partition coefficient (Wildman–Crippen LogP) is 8.21. The summed E-state index contributed by atoms with van der Waals surface area (Å²) in [4.78, 5) is 12.4. The van der Waals surface area contributed by atoms with Crippen LogP contribution in [0.1, 0.15) is 103 Å². The van der Waals surface area contributed by atoms with Gasteiger partial charge >= 0.3 is 12.1 Å². The zero-order chi connectivity index (χ0) is 31.8. The number of carbonyl (C=O) groups excluding carboxylic acids is 1. The van der Waals surface area contributed by atoms with Gasteiger partial charge in [0.2, 0.25) is 0 Å². The minimum atomic E-state index is -4.71. The van der Waals surface area contributed by atoms with Gasteiger partial charge in [0.05, 0.1) is 12.2 Å². The highest BCUT2D eigenvalue weighted by atomic mass is 79.9. The Balaban J connectivity index is 2.68. The third-order valence-corrected chi connectivity index (χ3v) is 7.73. The van der Waals surface area contributed by atoms with Crippen LogP contribution in [0, 0.1) is 0 Å². The Hall–Kier alpha value is -1.24. The number of hydrogen-bond acceptors (Lipinski definition) is 7. The third kappa shape index (κ3) is 12.2. The van der Waals surface area contributed by atoms with Crippen LogP contribution in [0.2, 0.25) is 0 Å². The van der Waals surface area contributed by atoms with E-state index in [4.69, 9.17) is 28.4 Å². The molecule has 1 saturated heterocycles. The lowest BCUT2D eigenvalue weighted by Gasteiger charge is -2.48. The lowest BCUT2D eigenvalue weighted by molar-refractivity contribution is -0.283. The molecule has 6 atom stereocenters. The minimum absolute atomic E-state index is 0.141. The molecular formula is C32H50BrF3O7. The molecule has 1 aliphatic heterocycles. The van der Waals surface area contributed by atoms with Gasteiger partial charge in [0, 0.05) is 43.4 Å². The second kappa shape index (κ2) is 20.0. The molecule has 0 amide bonds. The van der Waals surface area contributed by atoms with Crippen molar-refractivity contribution in [3.63, 3.8) is 0 Å². The van der Waals surface area contributed by atoms with Crippen molar-refractivity contribution in [2.75, 3.05) is 33.0 Å². The van der Waals surface area contributed by atoms with Gasteiger partial charge in [-0.25, -0.2) is 0 Å². The Morgan fingerprint density at radius 2 is 1.40 bits per heavy atom. The number of rotatable bonds is 20. The van der Waals surface area contributed by atoms with E-state index in [9.17, 15) is 18.0 Å². The van der Waals surface area contributed by atoms with Crippen LogP contribution in [0.25, 0.3) is 0 Å². The summed E-state index contributed by atoms with van der Waals surface area (Å²) in [6.45, 7) is 11.2. The molecule has 2 rings (SSSR count). The maximum atomic E-state index is 14.4. The highest BCUT2D eigenvalue weighted by molar-refractivity contribution is 9.10. The Morgan fingerprint density at radius 3 is 1.93 bits per heavy atom. The van der Waals surface area contributed by atoms with E-state index in [1.807, 2.05) is 13.8 Å². The van der Waals surface area contributed by atoms with Crippen LogP contribution in [-0.4, -0.2) is 69.5 Å². The smallest absolute Gasteiger partial charge is 0.416 e. The van der Waals surface area contributed by atoms with Crippen LogP contribution < -0.4 is 0 Å². The summed E-state index contributed by atoms with van der Waals surface area (Å²) in [6.07, 6.45) is -3.36. The summed E-state index contributed by atoms with van der Waals surface area (Å²) in [7, 11) is 0. The van der Waals surface area contributed by atoms with E-state index in [-0.39, 0.29) is 16.6 Å². The number of ether oxygens (including phenoxy) is 6. The molecule has 3 unspecified atom stereocenters. The van der Waals surface area contributed by atoms with Crippen molar-refractivity contribution in [3.05, 3.63) is 33.8 Å². The summed E-state index contributed by atoms with van der Waals surface area (Å²) in [5, 5.41) is 0. The first-order chi connectivity index (χ1) is 20.6. The highest BCUT2D eigenvalue weighted by Crippen LogP contribution is 2.43. The molecule has 1 heterocycles. The van der Waals surface area contributed by atoms with Gasteiger partial charge in [-0.3, -0.25) is 4.79 Å². The number of unbranched alkanes of at least 4 members (excludes halogenated alkanes) is 4. The van der Waals surface area contributed by atoms with Crippen LogP contribution in [0.15, 0.2) is 22.7 Å². The zero-order valence-electron chi connectivity index (χ0n) is 26.3. The quantitative estimate of drug-likeness (QED) is 0.101. The van der Waals surface area contributed by atoms with E-state index in [1.165, 1.54) is 19.1 Å². The molecule has 1 fully saturated rings. The van der Waals surface area contributed by atoms with Gasteiger partial charge in [0.15, 0.2) is 6.10 Å². The van der Waals surface area contributed by atoms with Crippen LogP contribution in [0.4, 0.5) is 13.2 Å². The fourth-order valence-corrected chi connectivity index (χ4v) is 5.31. The Morgan fingerprint density at radius 1 is 0.860 bits per heavy atom. The Labute approximate surface area is 263 Å². The lowest BCUT2D eigenvalue weighted by Crippen LogP contribution is -2.63. The number of halogens is 4. The SMILES string of the molecule is CCCCOCC1O[C@H]([C@H](OC(C)=O)c2ccc(Br)cc2C(F)(F)F)C(OCCCC)C(OCCCC)[C@@H]1OCCCC. The maximum Gasteiger partial charge on any atom is 0.416 e. The van der Waals surface area contributed by atoms with Gasteiger partial charge in [0.1, 0.15) is 30.5 Å². The maximum absolute atomic E-state index is 14.4. The summed E-state index contributed by atoms with van der Waals surface area (Å²) in [5.41, 5.74) is -1.15. The van der Waals surface area contributed by atoms with Crippen molar-refractivity contribution >= 4 is 21.9 Å². The van der Waals surface area contributed by atoms with Gasteiger partial charge < -0.3 is 28.4 Å². The number of esters is 1. The molecule has 43 heavy (non-hydrogen) atoms. The number of hydrogen-bond donors (Lipinski definition) is 0. The second-order valence-corrected chi connectivity index (χ2v) is 11.8. The monoisotopic (exact) mass is 682 g/mol. The summed E-state index contributed by atoms with van der Waals surface area (Å²) in [5.74, 6) is -0.738. The molecule has 0 aromatic heterocycles. The minimum Gasteiger partial charge on any atom is -0.455 e. The van der Waals surface area contributed by atoms with Crippen molar-refractivity contribution in [2.24, 2.45) is 0 Å². The molecule has 0 aliphatic carbocycles. The topological polar surface area (TPSA) is 72.5 Å². The molecule has 0 bridgehead atoms. The summed E-state index contributed by atoms with van der Waals surface area (Å²) < 4.78 is 80.8. The van der Waals surface area contributed by atoms with Crippen molar-refractivity contribution in [1.29, 1.82) is 0 Å². The fourth-order valence-electron chi connectivity index (χ4n) is 4.95. The van der Waals surface area contributed by atoms with E-state index < -0.39 is 54.3 Å². The third-order valence-electron chi connectivity index (χ3n) is 7.24. The average molecular weight is 684 g/mol. The second-order valence-electron chi connectivity index (χ2n) is 10.9. The van der Waals surface area contributed by atoms with Gasteiger partial charge in [0.25, 0.3) is 0 Å². The fraction of sp³-hybridized carbons (Fsp3) is 0.781. The van der Waals surface area contributed by atoms with E-state index in [0.717, 1.165) is 57.4 Å². The van der Waals surface area contributed by atoms with E-state index >= 15 is 0 Å². The molecular weight excluding hydrogens is 633 g/mol. The molecule has 1 aromatic carbocycles. The number of alkyl halides is 3. The summed E-state index contributed by atoms with van der Waals surface area (Å²) in [6, 6.07) is 3.80. The van der Waals surface area contributed by atoms with E-state index in [2.05, 4.69) is 29.8 Å². The van der Waals surface area contributed by atoms with Crippen LogP contribution in [-0.2, 0) is 39.4 Å². The summed E-state index contributed by atoms with van der Waals surface area (Å²) >= 11 is 3.16. The van der Waals surface area contributed by atoms with Gasteiger partial charge in [-0.1, -0.05) is 75.4 Å². The van der Waals surface area contributed by atoms with Crippen molar-refractivity contribution in [1.82, 2.24) is 0 Å². The van der Waals surface area contributed by atoms with Gasteiger partial charge in [-0.05, 0) is 37.8 Å². The predicted molar refractivity (Wildman–Crippen MR) is 162 cm³/mol. The first-order valence-corrected chi connectivity index (χ1v) is 16.5. The average Bonchev–Trinajstić information content (AvgIpc) is 2.95. The Bertz CT molecular complexity index is 933. The van der Waals surface area contributed by atoms with Gasteiger partial charge in [-0.2, -0.15) is 13.2 Å². The molecule has 0 radical (unpaired) electrons. The van der Waals surface area contributed by atoms with E-state index in [0.29, 0.717) is 26.4 Å². The Kier molecular flexibility index (Phi) is 17.6. The number of benzene rings is 1. The largest absolute Gasteiger partial charge is 0.455 e. The first kappa shape index (κ1) is 37.9. The van der Waals surface area contributed by atoms with Crippen LogP contribution in [0.5, 0.6) is 0 Å². The molecule has 0 saturated carbocycles. The number of carbonyl (C=O) groups is 1. The lowest BCUT2D eigenvalue weighted by atomic mass is 9.87. The highest BCUT2D eigenvalue weighted by Gasteiger charge is 2.53. The van der Waals surface area contributed by atoms with Crippen molar-refractivity contribution in [2.45, 2.75) is 129 Å². The molecule has 0 N–H and O–H groups in total. The first-order valence-electron chi connectivity index (χ1n) is 15.7. The molecule has 7 nitrogen and oxygen atoms in total. The van der Waals surface area contributed by atoms with Gasteiger partial charge in [-0.15, -0.1) is 0 Å². The van der Waals surface area contributed by atoms with Crippen molar-refractivity contribution in [3.8, 4) is 0 Å². The van der Waals surface area contributed by atoms with Crippen LogP contribution in [0.3, 0.4) is 0 Å². The molecule has 1 aliphatic rings. The van der Waals surface area contributed by atoms with Crippen LogP contribution >= 0.6 is 15.9 Å². The van der Waals surface area contributed by atoms with Crippen molar-refractivity contribution < 1.29 is 46.4 Å². The van der Waals surface area contributed by atoms with E-state index in [1.54, 1.807) is 0 Å². The molecule has 11 heteroatoms. The molecule has 0 spiro atoms.